The highest BCUT2D eigenvalue weighted by Crippen LogP contribution is 2.29. The van der Waals surface area contributed by atoms with Crippen molar-refractivity contribution in [3.63, 3.8) is 0 Å². The second-order valence-electron chi connectivity index (χ2n) is 7.08. The predicted molar refractivity (Wildman–Crippen MR) is 109 cm³/mol. The van der Waals surface area contributed by atoms with E-state index >= 15 is 0 Å². The van der Waals surface area contributed by atoms with Crippen molar-refractivity contribution in [1.82, 2.24) is 4.90 Å². The molecule has 0 unspecified atom stereocenters. The summed E-state index contributed by atoms with van der Waals surface area (Å²) in [4.78, 5) is 37.6. The van der Waals surface area contributed by atoms with E-state index in [0.29, 0.717) is 28.2 Å². The normalized spacial score (nSPS) is 15.7. The van der Waals surface area contributed by atoms with E-state index in [-0.39, 0.29) is 17.3 Å². The maximum atomic E-state index is 12.5. The molecule has 0 aliphatic carbocycles. The molecule has 0 N–H and O–H groups in total. The van der Waals surface area contributed by atoms with Crippen LogP contribution in [0.1, 0.15) is 36.9 Å². The van der Waals surface area contributed by atoms with Crippen molar-refractivity contribution in [2.45, 2.75) is 26.9 Å². The molecule has 7 heteroatoms. The van der Waals surface area contributed by atoms with Crippen molar-refractivity contribution in [2.75, 3.05) is 7.05 Å². The molecular formula is C23H20N2O5. The number of imide groups is 1. The highest BCUT2D eigenvalue weighted by Gasteiger charge is 2.33. The first-order valence-electron chi connectivity index (χ1n) is 9.29. The summed E-state index contributed by atoms with van der Waals surface area (Å²) >= 11 is 0. The molecule has 0 atom stereocenters. The Morgan fingerprint density at radius 3 is 2.60 bits per heavy atom. The number of carbonyl (C=O) groups excluding carboxylic acids is 3. The van der Waals surface area contributed by atoms with Gasteiger partial charge in [0.25, 0.3) is 11.8 Å². The van der Waals surface area contributed by atoms with Crippen LogP contribution in [0.3, 0.4) is 0 Å². The lowest BCUT2D eigenvalue weighted by Crippen LogP contribution is -2.39. The quantitative estimate of drug-likeness (QED) is 0.437. The number of furan rings is 1. The van der Waals surface area contributed by atoms with Crippen molar-refractivity contribution in [3.05, 3.63) is 64.4 Å². The summed E-state index contributed by atoms with van der Waals surface area (Å²) in [5.41, 5.74) is 1.51. The molecule has 1 aromatic carbocycles. The fraction of sp³-hybridized carbons (Fsp3) is 0.217. The zero-order valence-corrected chi connectivity index (χ0v) is 17.1. The van der Waals surface area contributed by atoms with E-state index in [1.54, 1.807) is 57.2 Å². The molecule has 2 amide bonds. The number of amides is 2. The van der Waals surface area contributed by atoms with Crippen LogP contribution < -0.4 is 0 Å². The molecule has 3 rings (SSSR count). The Labute approximate surface area is 173 Å². The fourth-order valence-corrected chi connectivity index (χ4v) is 3.01. The molecule has 1 aliphatic heterocycles. The van der Waals surface area contributed by atoms with Gasteiger partial charge in [-0.15, -0.1) is 0 Å². The number of esters is 1. The van der Waals surface area contributed by atoms with E-state index in [1.807, 2.05) is 6.07 Å². The molecule has 0 saturated carbocycles. The van der Waals surface area contributed by atoms with Gasteiger partial charge in [0.15, 0.2) is 0 Å². The van der Waals surface area contributed by atoms with Gasteiger partial charge in [0.2, 0.25) is 0 Å². The summed E-state index contributed by atoms with van der Waals surface area (Å²) in [6.07, 6.45) is 1.27. The van der Waals surface area contributed by atoms with E-state index in [2.05, 4.69) is 0 Å². The van der Waals surface area contributed by atoms with Gasteiger partial charge in [-0.2, -0.15) is 5.26 Å². The third-order valence-corrected chi connectivity index (χ3v) is 4.58. The summed E-state index contributed by atoms with van der Waals surface area (Å²) < 4.78 is 11.0. The van der Waals surface area contributed by atoms with Gasteiger partial charge in [-0.05, 0) is 56.7 Å². The largest absolute Gasteiger partial charge is 0.459 e. The van der Waals surface area contributed by atoms with E-state index in [0.717, 1.165) is 4.90 Å². The number of hydrogen-bond acceptors (Lipinski definition) is 6. The van der Waals surface area contributed by atoms with Gasteiger partial charge >= 0.3 is 5.97 Å². The van der Waals surface area contributed by atoms with Crippen molar-refractivity contribution in [3.8, 4) is 17.4 Å². The molecule has 2 heterocycles. The molecule has 152 valence electrons. The van der Waals surface area contributed by atoms with Crippen molar-refractivity contribution in [1.29, 1.82) is 5.26 Å². The van der Waals surface area contributed by atoms with Crippen LogP contribution in [0, 0.1) is 11.3 Å². The summed E-state index contributed by atoms with van der Waals surface area (Å²) in [7, 11) is 1.33. The molecular weight excluding hydrogens is 384 g/mol. The molecule has 2 aromatic rings. The SMILES string of the molecule is CC1=C(C#N)C(=O)N(C)C(=O)/C1=C/c1ccc(-c2cccc(C(=O)OC(C)C)c2)o1. The molecule has 30 heavy (non-hydrogen) atoms. The Hall–Kier alpha value is -3.92. The molecule has 0 spiro atoms. The van der Waals surface area contributed by atoms with Crippen LogP contribution in [0.2, 0.25) is 0 Å². The number of rotatable bonds is 4. The average molecular weight is 404 g/mol. The maximum absolute atomic E-state index is 12.5. The van der Waals surface area contributed by atoms with E-state index < -0.39 is 17.8 Å². The van der Waals surface area contributed by atoms with Crippen LogP contribution in [0.15, 0.2) is 57.5 Å². The van der Waals surface area contributed by atoms with E-state index in [9.17, 15) is 19.6 Å². The lowest BCUT2D eigenvalue weighted by molar-refractivity contribution is -0.138. The van der Waals surface area contributed by atoms with E-state index in [4.69, 9.17) is 9.15 Å². The Bertz CT molecular complexity index is 1140. The number of nitrogens with zero attached hydrogens (tertiary/aromatic N) is 2. The highest BCUT2D eigenvalue weighted by atomic mass is 16.5. The van der Waals surface area contributed by atoms with Crippen LogP contribution in [-0.2, 0) is 14.3 Å². The lowest BCUT2D eigenvalue weighted by atomic mass is 9.95. The minimum absolute atomic E-state index is 0.0773. The zero-order valence-electron chi connectivity index (χ0n) is 17.1. The number of benzene rings is 1. The summed E-state index contributed by atoms with van der Waals surface area (Å²) in [6, 6.07) is 12.1. The van der Waals surface area contributed by atoms with Gasteiger partial charge in [0.05, 0.1) is 11.7 Å². The molecule has 1 aliphatic rings. The Morgan fingerprint density at radius 1 is 1.20 bits per heavy atom. The molecule has 1 aromatic heterocycles. The fourth-order valence-electron chi connectivity index (χ4n) is 3.01. The lowest BCUT2D eigenvalue weighted by Gasteiger charge is -2.23. The van der Waals surface area contributed by atoms with Gasteiger partial charge in [-0.25, -0.2) is 4.79 Å². The maximum Gasteiger partial charge on any atom is 0.338 e. The van der Waals surface area contributed by atoms with Crippen LogP contribution in [0.5, 0.6) is 0 Å². The highest BCUT2D eigenvalue weighted by molar-refractivity contribution is 6.19. The Kier molecular flexibility index (Phi) is 5.70. The first-order valence-corrected chi connectivity index (χ1v) is 9.29. The number of carbonyl (C=O) groups is 3. The third kappa shape index (κ3) is 3.94. The van der Waals surface area contributed by atoms with Crippen LogP contribution in [0.4, 0.5) is 0 Å². The number of nitriles is 1. The predicted octanol–water partition coefficient (Wildman–Crippen LogP) is 3.73. The minimum Gasteiger partial charge on any atom is -0.459 e. The molecule has 0 radical (unpaired) electrons. The Morgan fingerprint density at radius 2 is 1.93 bits per heavy atom. The summed E-state index contributed by atoms with van der Waals surface area (Å²) in [5.74, 6) is -0.680. The second kappa shape index (κ2) is 8.21. The number of ether oxygens (including phenoxy) is 1. The minimum atomic E-state index is -0.623. The zero-order chi connectivity index (χ0) is 22.0. The topological polar surface area (TPSA) is 101 Å². The van der Waals surface area contributed by atoms with E-state index in [1.165, 1.54) is 13.1 Å². The molecule has 7 nitrogen and oxygen atoms in total. The van der Waals surface area contributed by atoms with Crippen molar-refractivity contribution in [2.24, 2.45) is 0 Å². The second-order valence-corrected chi connectivity index (χ2v) is 7.08. The van der Waals surface area contributed by atoms with Gasteiger partial charge in [0, 0.05) is 18.2 Å². The monoisotopic (exact) mass is 404 g/mol. The third-order valence-electron chi connectivity index (χ3n) is 4.58. The Balaban J connectivity index is 1.95. The number of likely N-dealkylation sites (N-methyl/N-ethyl adjacent to an activating group) is 1. The van der Waals surface area contributed by atoms with Crippen LogP contribution >= 0.6 is 0 Å². The average Bonchev–Trinajstić information content (AvgIpc) is 3.18. The van der Waals surface area contributed by atoms with Crippen LogP contribution in [-0.4, -0.2) is 35.8 Å². The first-order chi connectivity index (χ1) is 14.2. The molecule has 0 bridgehead atoms. The summed E-state index contributed by atoms with van der Waals surface area (Å²) in [6.45, 7) is 5.11. The smallest absolute Gasteiger partial charge is 0.338 e. The number of hydrogen-bond donors (Lipinski definition) is 0. The standard InChI is InChI=1S/C23H20N2O5/c1-13(2)29-23(28)16-7-5-6-15(10-16)20-9-8-17(30-20)11-18-14(3)19(12-24)22(27)25(4)21(18)26/h5-11,13H,1-4H3/b18-11+. The van der Waals surface area contributed by atoms with Crippen molar-refractivity contribution < 1.29 is 23.5 Å². The van der Waals surface area contributed by atoms with Crippen molar-refractivity contribution >= 4 is 23.9 Å². The first kappa shape index (κ1) is 20.8. The van der Waals surface area contributed by atoms with Crippen LogP contribution in [0.25, 0.3) is 17.4 Å². The van der Waals surface area contributed by atoms with Gasteiger partial charge < -0.3 is 9.15 Å². The van der Waals surface area contributed by atoms with Gasteiger partial charge in [-0.3, -0.25) is 14.5 Å². The molecule has 0 saturated heterocycles. The summed E-state index contributed by atoms with van der Waals surface area (Å²) in [5, 5.41) is 9.24. The molecule has 0 fully saturated rings. The van der Waals surface area contributed by atoms with Gasteiger partial charge in [-0.1, -0.05) is 12.1 Å². The van der Waals surface area contributed by atoms with Gasteiger partial charge in [0.1, 0.15) is 23.2 Å².